The summed E-state index contributed by atoms with van der Waals surface area (Å²) in [7, 11) is 0. The van der Waals surface area contributed by atoms with Crippen LogP contribution in [0.25, 0.3) is 0 Å². The van der Waals surface area contributed by atoms with E-state index in [1.807, 2.05) is 0 Å². The average Bonchev–Trinajstić information content (AvgIpc) is 3.73. The van der Waals surface area contributed by atoms with Gasteiger partial charge in [-0.3, -0.25) is 42.5 Å². The number of halogens is 2. The van der Waals surface area contributed by atoms with Crippen LogP contribution in [0.4, 0.5) is 0 Å². The van der Waals surface area contributed by atoms with Crippen molar-refractivity contribution in [3.05, 3.63) is 0 Å². The fourth-order valence-electron chi connectivity index (χ4n) is 12.0. The van der Waals surface area contributed by atoms with E-state index in [0.29, 0.717) is 49.3 Å². The van der Waals surface area contributed by atoms with Crippen molar-refractivity contribution in [2.75, 3.05) is 0 Å². The molecular weight excluding hydrogens is 594 g/mol. The summed E-state index contributed by atoms with van der Waals surface area (Å²) in [5.41, 5.74) is 0. The molecule has 0 aromatic heterocycles. The van der Waals surface area contributed by atoms with Crippen molar-refractivity contribution in [2.24, 2.45) is 47.3 Å². The Morgan fingerprint density at radius 1 is 0.233 bits per heavy atom. The summed E-state index contributed by atoms with van der Waals surface area (Å²) >= 11 is 0. The summed E-state index contributed by atoms with van der Waals surface area (Å²) in [6.07, 6.45) is 25.6. The lowest BCUT2D eigenvalue weighted by atomic mass is 9.76. The Morgan fingerprint density at radius 3 is 0.465 bits per heavy atom. The first-order valence-corrected chi connectivity index (χ1v) is 17.9. The van der Waals surface area contributed by atoms with Crippen LogP contribution in [-0.4, -0.2) is 66.7 Å². The Morgan fingerprint density at radius 2 is 0.349 bits per heavy atom. The molecular formula is C32H61AlCl2N8. The minimum absolute atomic E-state index is 0. The molecule has 8 bridgehead atoms. The Hall–Kier alpha value is 0.792. The lowest BCUT2D eigenvalue weighted by Gasteiger charge is -2.35. The Labute approximate surface area is 283 Å². The summed E-state index contributed by atoms with van der Waals surface area (Å²) in [5, 5.41) is 33.8. The van der Waals surface area contributed by atoms with Crippen LogP contribution in [0.5, 0.6) is 0 Å². The number of rotatable bonds is 0. The molecule has 0 aromatic carbocycles. The lowest BCUT2D eigenvalue weighted by Crippen LogP contribution is -2.61. The third kappa shape index (κ3) is 6.02. The van der Waals surface area contributed by atoms with Gasteiger partial charge >= 0.3 is 0 Å². The van der Waals surface area contributed by atoms with Crippen molar-refractivity contribution in [3.63, 3.8) is 0 Å². The molecule has 0 radical (unpaired) electrons. The smallest absolute Gasteiger partial charge is 0.187 e. The first kappa shape index (κ1) is 33.7. The standard InChI is InChI=1S/C32H56N8.Al.2ClH.3H/c1-2-10-18-17(9-1)25-33-26(18)38-28-21-13-5-6-14-22(21)30(35-28)40-32-24-16-8-7-15-23(24)31(36-32)39-29-20-12-4-3-11-19(20)27(34-29)37-25;;;;;;/h17-40H,1-16H2;;2*1H;;;. The third-order valence-electron chi connectivity index (χ3n) is 13.8. The fraction of sp³-hybridized carbons (Fsp3) is 1.00. The van der Waals surface area contributed by atoms with Gasteiger partial charge in [0.1, 0.15) is 0 Å². The molecule has 5 aliphatic heterocycles. The molecule has 4 saturated carbocycles. The molecule has 8 unspecified atom stereocenters. The highest BCUT2D eigenvalue weighted by atomic mass is 35.5. The second kappa shape index (κ2) is 14.1. The molecule has 8 atom stereocenters. The second-order valence-corrected chi connectivity index (χ2v) is 15.6. The number of fused-ring (bicyclic) bond motifs is 20. The van der Waals surface area contributed by atoms with Crippen LogP contribution < -0.4 is 42.5 Å². The highest BCUT2D eigenvalue weighted by molar-refractivity contribution is 5.85. The Kier molecular flexibility index (Phi) is 11.0. The van der Waals surface area contributed by atoms with Gasteiger partial charge in [0.05, 0.1) is 49.3 Å². The Balaban J connectivity index is 0.00000110. The second-order valence-electron chi connectivity index (χ2n) is 15.6. The van der Waals surface area contributed by atoms with E-state index in [1.54, 1.807) is 0 Å². The average molecular weight is 656 g/mol. The Bertz CT molecular complexity index is 728. The monoisotopic (exact) mass is 654 g/mol. The molecule has 0 amide bonds. The molecule has 11 heteroatoms. The minimum atomic E-state index is 0. The van der Waals surface area contributed by atoms with Gasteiger partial charge in [0, 0.05) is 0 Å². The maximum absolute atomic E-state index is 4.26. The molecule has 9 aliphatic rings. The summed E-state index contributed by atoms with van der Waals surface area (Å²) in [6.45, 7) is 0. The zero-order chi connectivity index (χ0) is 26.2. The molecule has 9 rings (SSSR count). The quantitative estimate of drug-likeness (QED) is 0.189. The van der Waals surface area contributed by atoms with E-state index in [0.717, 1.165) is 47.3 Å². The zero-order valence-electron chi connectivity index (χ0n) is 25.4. The van der Waals surface area contributed by atoms with Crippen LogP contribution in [-0.2, 0) is 0 Å². The molecule has 8 nitrogen and oxygen atoms in total. The minimum Gasteiger partial charge on any atom is -0.286 e. The maximum atomic E-state index is 4.26. The fourth-order valence-corrected chi connectivity index (χ4v) is 12.0. The first-order valence-electron chi connectivity index (χ1n) is 17.9. The summed E-state index contributed by atoms with van der Waals surface area (Å²) in [5.74, 6) is 5.97. The van der Waals surface area contributed by atoms with E-state index < -0.39 is 0 Å². The molecule has 0 aromatic rings. The number of hydrogen-bond acceptors (Lipinski definition) is 8. The highest BCUT2D eigenvalue weighted by Crippen LogP contribution is 2.45. The lowest BCUT2D eigenvalue weighted by molar-refractivity contribution is 0.167. The molecule has 8 N–H and O–H groups in total. The number of nitrogens with one attached hydrogen (secondary N) is 8. The highest BCUT2D eigenvalue weighted by Gasteiger charge is 2.54. The topological polar surface area (TPSA) is 96.2 Å². The molecule has 246 valence electrons. The summed E-state index contributed by atoms with van der Waals surface area (Å²) < 4.78 is 0. The van der Waals surface area contributed by atoms with Gasteiger partial charge in [-0.25, -0.2) is 0 Å². The van der Waals surface area contributed by atoms with Crippen molar-refractivity contribution in [1.82, 2.24) is 42.5 Å². The van der Waals surface area contributed by atoms with Gasteiger partial charge in [-0.2, -0.15) is 0 Å². The largest absolute Gasteiger partial charge is 0.286 e. The van der Waals surface area contributed by atoms with Crippen LogP contribution >= 0.6 is 24.8 Å². The van der Waals surface area contributed by atoms with Gasteiger partial charge in [0.15, 0.2) is 17.4 Å². The summed E-state index contributed by atoms with van der Waals surface area (Å²) in [4.78, 5) is 0. The van der Waals surface area contributed by atoms with Gasteiger partial charge in [-0.1, -0.05) is 51.4 Å². The molecule has 9 fully saturated rings. The zero-order valence-corrected chi connectivity index (χ0v) is 27.0. The van der Waals surface area contributed by atoms with E-state index in [-0.39, 0.29) is 42.2 Å². The van der Waals surface area contributed by atoms with Crippen LogP contribution in [0, 0.1) is 47.3 Å². The van der Waals surface area contributed by atoms with E-state index in [4.69, 9.17) is 0 Å². The van der Waals surface area contributed by atoms with Crippen LogP contribution in [0.3, 0.4) is 0 Å². The molecule has 5 saturated heterocycles. The SMILES string of the molecule is C1CCC2C3NC(NC4NC(NC5NC(NC6NC(N3)C3CCCCC63)C3CCCCC53)C3CCCCC43)C2C1.Cl.Cl.[AlH3]. The predicted molar refractivity (Wildman–Crippen MR) is 182 cm³/mol. The van der Waals surface area contributed by atoms with Gasteiger partial charge < -0.3 is 0 Å². The molecule has 43 heavy (non-hydrogen) atoms. The summed E-state index contributed by atoms with van der Waals surface area (Å²) in [6, 6.07) is 0. The van der Waals surface area contributed by atoms with E-state index in [2.05, 4.69) is 42.5 Å². The van der Waals surface area contributed by atoms with Gasteiger partial charge in [-0.15, -0.1) is 24.8 Å². The molecule has 4 aliphatic carbocycles. The van der Waals surface area contributed by atoms with Crippen LogP contribution in [0.15, 0.2) is 0 Å². The normalized spacial score (nSPS) is 53.6. The van der Waals surface area contributed by atoms with Crippen LogP contribution in [0.1, 0.15) is 103 Å². The predicted octanol–water partition coefficient (Wildman–Crippen LogP) is 2.27. The van der Waals surface area contributed by atoms with Crippen molar-refractivity contribution in [1.29, 1.82) is 0 Å². The van der Waals surface area contributed by atoms with Crippen molar-refractivity contribution in [2.45, 2.75) is 152 Å². The van der Waals surface area contributed by atoms with Gasteiger partial charge in [-0.05, 0) is 98.7 Å². The van der Waals surface area contributed by atoms with Crippen molar-refractivity contribution >= 4 is 42.2 Å². The van der Waals surface area contributed by atoms with E-state index in [9.17, 15) is 0 Å². The number of hydrogen-bond donors (Lipinski definition) is 8. The maximum Gasteiger partial charge on any atom is 0.187 e. The van der Waals surface area contributed by atoms with E-state index in [1.165, 1.54) is 103 Å². The van der Waals surface area contributed by atoms with Crippen molar-refractivity contribution < 1.29 is 0 Å². The third-order valence-corrected chi connectivity index (χ3v) is 13.8. The molecule has 5 heterocycles. The van der Waals surface area contributed by atoms with E-state index >= 15 is 0 Å². The molecule has 0 spiro atoms. The van der Waals surface area contributed by atoms with Gasteiger partial charge in [0.2, 0.25) is 0 Å². The van der Waals surface area contributed by atoms with Gasteiger partial charge in [0.25, 0.3) is 0 Å². The van der Waals surface area contributed by atoms with Crippen molar-refractivity contribution in [3.8, 4) is 0 Å². The van der Waals surface area contributed by atoms with Crippen LogP contribution in [0.2, 0.25) is 0 Å². The first-order chi connectivity index (χ1) is 19.8.